The Morgan fingerprint density at radius 2 is 1.71 bits per heavy atom. The van der Waals surface area contributed by atoms with Crippen molar-refractivity contribution in [2.24, 2.45) is 17.2 Å². The zero-order chi connectivity index (χ0) is 34.2. The molecule has 2 N–H and O–H groups in total. The summed E-state index contributed by atoms with van der Waals surface area (Å²) in [7, 11) is 0. The monoisotopic (exact) mass is 673 g/mol. The fourth-order valence-corrected chi connectivity index (χ4v) is 8.29. The molecule has 3 fully saturated rings. The lowest BCUT2D eigenvalue weighted by molar-refractivity contribution is -0.189. The Balaban J connectivity index is 1.19. The summed E-state index contributed by atoms with van der Waals surface area (Å²) in [6, 6.07) is 9.90. The van der Waals surface area contributed by atoms with E-state index in [2.05, 4.69) is 0 Å². The Hall–Kier alpha value is -4.00. The second kappa shape index (κ2) is 13.5. The lowest BCUT2D eigenvalue weighted by Gasteiger charge is -2.50. The number of benzene rings is 2. The number of nitrogens with two attached hydrogens (primary N) is 1. The van der Waals surface area contributed by atoms with Gasteiger partial charge in [0, 0.05) is 44.4 Å². The van der Waals surface area contributed by atoms with Gasteiger partial charge >= 0.3 is 18.1 Å². The van der Waals surface area contributed by atoms with Gasteiger partial charge in [0.05, 0.1) is 12.1 Å². The molecule has 0 radical (unpaired) electrons. The molecule has 4 aliphatic rings. The number of carbonyl (C=O) groups excluding carboxylic acids is 3. The van der Waals surface area contributed by atoms with Crippen LogP contribution in [-0.2, 0) is 9.59 Å². The van der Waals surface area contributed by atoms with Crippen molar-refractivity contribution in [1.29, 1.82) is 0 Å². The van der Waals surface area contributed by atoms with Crippen molar-refractivity contribution in [3.05, 3.63) is 77.4 Å². The second-order valence-corrected chi connectivity index (χ2v) is 13.6. The normalized spacial score (nSPS) is 24.5. The molecule has 6 rings (SSSR count). The van der Waals surface area contributed by atoms with Crippen LogP contribution in [0.5, 0.6) is 0 Å². The third-order valence-corrected chi connectivity index (χ3v) is 10.8. The molecule has 3 atom stereocenters. The first-order chi connectivity index (χ1) is 22.9. The first kappa shape index (κ1) is 33.9. The summed E-state index contributed by atoms with van der Waals surface area (Å²) in [4.78, 5) is 44.4. The summed E-state index contributed by atoms with van der Waals surface area (Å²) < 4.78 is 69.1. The Kier molecular flexibility index (Phi) is 9.52. The van der Waals surface area contributed by atoms with Crippen molar-refractivity contribution >= 4 is 23.4 Å². The number of urea groups is 1. The molecule has 1 unspecified atom stereocenters. The molecule has 258 valence electrons. The van der Waals surface area contributed by atoms with Crippen molar-refractivity contribution in [2.75, 3.05) is 32.7 Å². The van der Waals surface area contributed by atoms with E-state index in [1.807, 2.05) is 35.2 Å². The lowest BCUT2D eigenvalue weighted by Crippen LogP contribution is -2.59. The second-order valence-electron chi connectivity index (χ2n) is 13.6. The van der Waals surface area contributed by atoms with Gasteiger partial charge in [-0.1, -0.05) is 43.2 Å². The quantitative estimate of drug-likeness (QED) is 0.181. The lowest BCUT2D eigenvalue weighted by atomic mass is 9.69. The summed E-state index contributed by atoms with van der Waals surface area (Å²) in [5.41, 5.74) is 1.65. The van der Waals surface area contributed by atoms with Gasteiger partial charge in [0.2, 0.25) is 5.91 Å². The topological polar surface area (TPSA) is 90.2 Å². The molecule has 1 aliphatic carbocycles. The van der Waals surface area contributed by atoms with Gasteiger partial charge in [0.15, 0.2) is 0 Å². The number of likely N-dealkylation sites (tertiary alicyclic amines) is 2. The van der Waals surface area contributed by atoms with Crippen LogP contribution in [-0.4, -0.2) is 82.5 Å². The molecule has 3 aliphatic heterocycles. The van der Waals surface area contributed by atoms with Crippen LogP contribution >= 0.6 is 0 Å². The number of hydrazine groups is 1. The Morgan fingerprint density at radius 1 is 0.979 bits per heavy atom. The van der Waals surface area contributed by atoms with Crippen molar-refractivity contribution in [2.45, 2.75) is 69.6 Å². The molecule has 1 spiro atoms. The number of halogens is 5. The Morgan fingerprint density at radius 3 is 2.40 bits per heavy atom. The highest BCUT2D eigenvalue weighted by molar-refractivity contribution is 5.97. The van der Waals surface area contributed by atoms with Crippen LogP contribution in [0, 0.1) is 23.0 Å². The van der Waals surface area contributed by atoms with Crippen LogP contribution in [0.4, 0.5) is 26.7 Å². The number of alkyl halides is 3. The fourth-order valence-electron chi connectivity index (χ4n) is 8.29. The van der Waals surface area contributed by atoms with Crippen LogP contribution < -0.4 is 5.84 Å². The van der Waals surface area contributed by atoms with E-state index < -0.39 is 41.8 Å². The third kappa shape index (κ3) is 6.79. The van der Waals surface area contributed by atoms with E-state index in [9.17, 15) is 31.9 Å². The van der Waals surface area contributed by atoms with Crippen molar-refractivity contribution in [3.8, 4) is 0 Å². The maximum Gasteiger partial charge on any atom is 0.472 e. The largest absolute Gasteiger partial charge is 0.472 e. The minimum absolute atomic E-state index is 0.0208. The highest BCUT2D eigenvalue weighted by atomic mass is 19.4. The molecule has 13 heteroatoms. The summed E-state index contributed by atoms with van der Waals surface area (Å²) in [6.45, 7) is 1.90. The van der Waals surface area contributed by atoms with Gasteiger partial charge < -0.3 is 14.7 Å². The molecule has 3 heterocycles. The van der Waals surface area contributed by atoms with Crippen LogP contribution in [0.1, 0.15) is 68.5 Å². The molecule has 0 aromatic heterocycles. The van der Waals surface area contributed by atoms with E-state index >= 15 is 4.39 Å². The first-order valence-electron chi connectivity index (χ1n) is 16.6. The Bertz CT molecular complexity index is 1560. The van der Waals surface area contributed by atoms with Crippen molar-refractivity contribution in [1.82, 2.24) is 19.7 Å². The number of rotatable bonds is 5. The van der Waals surface area contributed by atoms with E-state index in [0.717, 1.165) is 61.4 Å². The van der Waals surface area contributed by atoms with E-state index in [1.54, 1.807) is 11.0 Å². The Labute approximate surface area is 276 Å². The smallest absolute Gasteiger partial charge is 0.339 e. The van der Waals surface area contributed by atoms with Crippen molar-refractivity contribution < 1.29 is 36.3 Å². The highest BCUT2D eigenvalue weighted by Crippen LogP contribution is 2.50. The van der Waals surface area contributed by atoms with E-state index in [4.69, 9.17) is 5.84 Å². The maximum absolute atomic E-state index is 15.1. The van der Waals surface area contributed by atoms with Crippen LogP contribution in [0.2, 0.25) is 0 Å². The highest BCUT2D eigenvalue weighted by Gasteiger charge is 2.50. The number of amides is 4. The molecule has 4 amide bonds. The maximum atomic E-state index is 15.1. The predicted molar refractivity (Wildman–Crippen MR) is 168 cm³/mol. The van der Waals surface area contributed by atoms with E-state index in [0.29, 0.717) is 32.6 Å². The molecule has 2 aromatic rings. The first-order valence-corrected chi connectivity index (χ1v) is 16.6. The van der Waals surface area contributed by atoms with E-state index in [1.165, 1.54) is 4.90 Å². The van der Waals surface area contributed by atoms with Crippen LogP contribution in [0.3, 0.4) is 0 Å². The molecule has 0 bridgehead atoms. The molecule has 1 saturated carbocycles. The molecule has 2 aromatic carbocycles. The van der Waals surface area contributed by atoms with E-state index in [-0.39, 0.29) is 47.2 Å². The summed E-state index contributed by atoms with van der Waals surface area (Å²) in [5.74, 6) is 1.95. The van der Waals surface area contributed by atoms with Gasteiger partial charge in [0.25, 0.3) is 0 Å². The van der Waals surface area contributed by atoms with Crippen LogP contribution in [0.15, 0.2) is 54.6 Å². The molecule has 2 saturated heterocycles. The molecule has 8 nitrogen and oxygen atoms in total. The van der Waals surface area contributed by atoms with Gasteiger partial charge in [0.1, 0.15) is 11.6 Å². The summed E-state index contributed by atoms with van der Waals surface area (Å²) in [5, 5.41) is 0.102. The molecule has 48 heavy (non-hydrogen) atoms. The van der Waals surface area contributed by atoms with Gasteiger partial charge in [-0.2, -0.15) is 13.2 Å². The molecular formula is C35H40F5N5O3. The SMILES string of the molecule is NN(C(=O)C(F)(F)F)[C@@H]1CCN(C(=O)N2CCC(CN3CCC(c4ccccc4)=CC3=O)C3(CCCC3)C2)[C@H](c2cc(F)ccc2F)C1. The standard InChI is InChI=1S/C35H40F5N5O3/c36-26-8-9-29(37)28(19-26)30-20-27(45(41)32(47)35(38,39)40)12-17-44(30)33(48)43-16-11-25(34(22-43)13-4-5-14-34)21-42-15-10-24(18-31(42)46)23-6-2-1-3-7-23/h1-3,6-9,18-19,25,27,30H,4-5,10-17,20-22,41H2/t25?,27-,30+/m1/s1. The minimum atomic E-state index is -5.21. The molecular weight excluding hydrogens is 633 g/mol. The number of nitrogens with zero attached hydrogens (tertiary/aromatic N) is 4. The average Bonchev–Trinajstić information content (AvgIpc) is 3.54. The number of piperidine rings is 2. The number of hydrogen-bond donors (Lipinski definition) is 1. The zero-order valence-electron chi connectivity index (χ0n) is 26.6. The summed E-state index contributed by atoms with van der Waals surface area (Å²) in [6.07, 6.45) is 1.33. The minimum Gasteiger partial charge on any atom is -0.339 e. The zero-order valence-corrected chi connectivity index (χ0v) is 26.6. The number of hydrogen-bond acceptors (Lipinski definition) is 4. The fraction of sp³-hybridized carbons (Fsp3) is 0.514. The van der Waals surface area contributed by atoms with Crippen LogP contribution in [0.25, 0.3) is 5.57 Å². The number of carbonyl (C=O) groups is 3. The third-order valence-electron chi connectivity index (χ3n) is 10.8. The van der Waals surface area contributed by atoms with Gasteiger partial charge in [-0.15, -0.1) is 0 Å². The van der Waals surface area contributed by atoms with Gasteiger partial charge in [-0.3, -0.25) is 14.6 Å². The average molecular weight is 674 g/mol. The van der Waals surface area contributed by atoms with Gasteiger partial charge in [-0.05, 0) is 79.2 Å². The predicted octanol–water partition coefficient (Wildman–Crippen LogP) is 6.05. The van der Waals surface area contributed by atoms with Gasteiger partial charge in [-0.25, -0.2) is 19.4 Å². The summed E-state index contributed by atoms with van der Waals surface area (Å²) >= 11 is 0. The van der Waals surface area contributed by atoms with Crippen molar-refractivity contribution in [3.63, 3.8) is 0 Å².